The summed E-state index contributed by atoms with van der Waals surface area (Å²) in [6.07, 6.45) is 2.30. The molecule has 0 radical (unpaired) electrons. The zero-order chi connectivity index (χ0) is 14.0. The van der Waals surface area contributed by atoms with Crippen molar-refractivity contribution in [1.82, 2.24) is 5.32 Å². The molecule has 1 N–H and O–H groups in total. The molecule has 110 valence electrons. The third-order valence-electron chi connectivity index (χ3n) is 4.77. The van der Waals surface area contributed by atoms with Crippen LogP contribution in [0, 0.1) is 11.3 Å². The van der Waals surface area contributed by atoms with E-state index in [1.54, 1.807) is 0 Å². The Labute approximate surface area is 121 Å². The highest BCUT2D eigenvalue weighted by Gasteiger charge is 2.32. The molecule has 3 nitrogen and oxygen atoms in total. The minimum atomic E-state index is 0.366. The second-order valence-corrected chi connectivity index (χ2v) is 6.61. The van der Waals surface area contributed by atoms with Crippen molar-refractivity contribution >= 4 is 0 Å². The van der Waals surface area contributed by atoms with Gasteiger partial charge in [0.1, 0.15) is 5.75 Å². The number of para-hydroxylation sites is 1. The zero-order valence-corrected chi connectivity index (χ0v) is 12.5. The van der Waals surface area contributed by atoms with Crippen LogP contribution in [0.1, 0.15) is 38.3 Å². The molecule has 0 bridgehead atoms. The van der Waals surface area contributed by atoms with Gasteiger partial charge in [0.25, 0.3) is 0 Å². The van der Waals surface area contributed by atoms with Crippen molar-refractivity contribution < 1.29 is 9.47 Å². The average molecular weight is 275 g/mol. The smallest absolute Gasteiger partial charge is 0.124 e. The molecule has 0 amide bonds. The Morgan fingerprint density at radius 1 is 1.25 bits per heavy atom. The second-order valence-electron chi connectivity index (χ2n) is 6.61. The van der Waals surface area contributed by atoms with Crippen LogP contribution in [-0.4, -0.2) is 26.4 Å². The van der Waals surface area contributed by atoms with E-state index >= 15 is 0 Å². The zero-order valence-electron chi connectivity index (χ0n) is 12.5. The van der Waals surface area contributed by atoms with Crippen molar-refractivity contribution in [2.24, 2.45) is 11.3 Å². The van der Waals surface area contributed by atoms with Gasteiger partial charge in [-0.2, -0.15) is 0 Å². The first kappa shape index (κ1) is 13.9. The van der Waals surface area contributed by atoms with Crippen LogP contribution in [0.25, 0.3) is 0 Å². The summed E-state index contributed by atoms with van der Waals surface area (Å²) in [6, 6.07) is 8.82. The largest absolute Gasteiger partial charge is 0.493 e. The van der Waals surface area contributed by atoms with E-state index in [1.807, 2.05) is 6.07 Å². The number of hydrogen-bond acceptors (Lipinski definition) is 3. The van der Waals surface area contributed by atoms with Gasteiger partial charge in [-0.05, 0) is 24.3 Å². The first-order valence-electron chi connectivity index (χ1n) is 7.71. The molecule has 20 heavy (non-hydrogen) atoms. The molecule has 3 heteroatoms. The van der Waals surface area contributed by atoms with Gasteiger partial charge in [-0.15, -0.1) is 0 Å². The van der Waals surface area contributed by atoms with Crippen LogP contribution in [0.5, 0.6) is 5.75 Å². The number of hydrogen-bond donors (Lipinski definition) is 1. The number of ether oxygens (including phenoxy) is 2. The van der Waals surface area contributed by atoms with Crippen molar-refractivity contribution in [2.75, 3.05) is 26.4 Å². The topological polar surface area (TPSA) is 30.5 Å². The van der Waals surface area contributed by atoms with E-state index in [-0.39, 0.29) is 0 Å². The Morgan fingerprint density at radius 3 is 2.80 bits per heavy atom. The quantitative estimate of drug-likeness (QED) is 0.919. The maximum atomic E-state index is 5.82. The van der Waals surface area contributed by atoms with E-state index in [9.17, 15) is 0 Å². The highest BCUT2D eigenvalue weighted by atomic mass is 16.5. The summed E-state index contributed by atoms with van der Waals surface area (Å²) in [5, 5.41) is 3.80. The fraction of sp³-hybridized carbons (Fsp3) is 0.647. The molecular weight excluding hydrogens is 250 g/mol. The monoisotopic (exact) mass is 275 g/mol. The summed E-state index contributed by atoms with van der Waals surface area (Å²) in [5.41, 5.74) is 1.67. The van der Waals surface area contributed by atoms with Gasteiger partial charge in [0.15, 0.2) is 0 Å². The van der Waals surface area contributed by atoms with Crippen molar-refractivity contribution in [2.45, 2.75) is 32.7 Å². The number of benzene rings is 1. The minimum Gasteiger partial charge on any atom is -0.493 e. The van der Waals surface area contributed by atoms with Crippen LogP contribution < -0.4 is 10.1 Å². The normalized spacial score (nSPS) is 28.5. The van der Waals surface area contributed by atoms with Crippen molar-refractivity contribution in [1.29, 1.82) is 0 Å². The standard InChI is InChI=1S/C17H25NO2/c1-13-11-20-15-6-4-3-5-14(15)16(13)18-12-17(2)7-9-19-10-8-17/h3-6,13,16,18H,7-12H2,1-2H3. The Kier molecular flexibility index (Phi) is 3.99. The van der Waals surface area contributed by atoms with Crippen LogP contribution in [-0.2, 0) is 4.74 Å². The van der Waals surface area contributed by atoms with E-state index in [0.29, 0.717) is 17.4 Å². The Morgan fingerprint density at radius 2 is 2.00 bits per heavy atom. The number of rotatable bonds is 3. The number of fused-ring (bicyclic) bond motifs is 1. The molecule has 2 aliphatic heterocycles. The lowest BCUT2D eigenvalue weighted by atomic mass is 9.81. The number of nitrogens with one attached hydrogen (secondary N) is 1. The van der Waals surface area contributed by atoms with E-state index in [4.69, 9.17) is 9.47 Å². The molecule has 3 rings (SSSR count). The van der Waals surface area contributed by atoms with E-state index in [1.165, 1.54) is 5.56 Å². The Bertz CT molecular complexity index is 454. The van der Waals surface area contributed by atoms with E-state index < -0.39 is 0 Å². The van der Waals surface area contributed by atoms with Gasteiger partial charge in [-0.1, -0.05) is 32.0 Å². The molecule has 2 aliphatic rings. The van der Waals surface area contributed by atoms with Crippen LogP contribution >= 0.6 is 0 Å². The predicted octanol–water partition coefficient (Wildman–Crippen LogP) is 3.16. The third kappa shape index (κ3) is 2.84. The van der Waals surface area contributed by atoms with Crippen molar-refractivity contribution in [3.63, 3.8) is 0 Å². The van der Waals surface area contributed by atoms with Crippen molar-refractivity contribution in [3.05, 3.63) is 29.8 Å². The molecule has 0 aromatic heterocycles. The highest BCUT2D eigenvalue weighted by molar-refractivity contribution is 5.37. The summed E-state index contributed by atoms with van der Waals surface area (Å²) in [5.74, 6) is 1.55. The maximum absolute atomic E-state index is 5.82. The van der Waals surface area contributed by atoms with Crippen LogP contribution in [0.4, 0.5) is 0 Å². The fourth-order valence-corrected chi connectivity index (χ4v) is 3.20. The molecule has 2 unspecified atom stereocenters. The fourth-order valence-electron chi connectivity index (χ4n) is 3.20. The molecule has 0 spiro atoms. The first-order valence-corrected chi connectivity index (χ1v) is 7.71. The second kappa shape index (κ2) is 5.74. The average Bonchev–Trinajstić information content (AvgIpc) is 2.47. The lowest BCUT2D eigenvalue weighted by molar-refractivity contribution is 0.0209. The van der Waals surface area contributed by atoms with E-state index in [2.05, 4.69) is 37.4 Å². The van der Waals surface area contributed by atoms with E-state index in [0.717, 1.165) is 45.0 Å². The molecule has 1 aromatic carbocycles. The van der Waals surface area contributed by atoms with Crippen LogP contribution in [0.2, 0.25) is 0 Å². The summed E-state index contributed by atoms with van der Waals surface area (Å²) in [4.78, 5) is 0. The summed E-state index contributed by atoms with van der Waals surface area (Å²) in [7, 11) is 0. The van der Waals surface area contributed by atoms with Gasteiger partial charge in [-0.25, -0.2) is 0 Å². The van der Waals surface area contributed by atoms with Crippen molar-refractivity contribution in [3.8, 4) is 5.75 Å². The Hall–Kier alpha value is -1.06. The van der Waals surface area contributed by atoms with Gasteiger partial charge in [0.2, 0.25) is 0 Å². The van der Waals surface area contributed by atoms with Crippen LogP contribution in [0.15, 0.2) is 24.3 Å². The molecule has 1 saturated heterocycles. The molecule has 0 aliphatic carbocycles. The van der Waals surface area contributed by atoms with Gasteiger partial charge >= 0.3 is 0 Å². The lowest BCUT2D eigenvalue weighted by Gasteiger charge is -2.38. The molecule has 2 atom stereocenters. The van der Waals surface area contributed by atoms with Gasteiger partial charge < -0.3 is 14.8 Å². The lowest BCUT2D eigenvalue weighted by Crippen LogP contribution is -2.42. The van der Waals surface area contributed by atoms with Gasteiger partial charge in [0.05, 0.1) is 6.61 Å². The molecule has 0 saturated carbocycles. The predicted molar refractivity (Wildman–Crippen MR) is 80.0 cm³/mol. The first-order chi connectivity index (χ1) is 9.68. The van der Waals surface area contributed by atoms with Gasteiger partial charge in [0, 0.05) is 37.3 Å². The molecule has 1 fully saturated rings. The summed E-state index contributed by atoms with van der Waals surface area (Å²) in [6.45, 7) is 8.29. The van der Waals surface area contributed by atoms with Crippen LogP contribution in [0.3, 0.4) is 0 Å². The SMILES string of the molecule is CC1COc2ccccc2C1NCC1(C)CCOCC1. The third-order valence-corrected chi connectivity index (χ3v) is 4.77. The minimum absolute atomic E-state index is 0.366. The molecule has 1 aromatic rings. The molecular formula is C17H25NO2. The summed E-state index contributed by atoms with van der Waals surface area (Å²) >= 11 is 0. The maximum Gasteiger partial charge on any atom is 0.124 e. The Balaban J connectivity index is 1.70. The summed E-state index contributed by atoms with van der Waals surface area (Å²) < 4.78 is 11.3. The molecule has 2 heterocycles. The highest BCUT2D eigenvalue weighted by Crippen LogP contribution is 2.36. The van der Waals surface area contributed by atoms with Gasteiger partial charge in [-0.3, -0.25) is 0 Å².